The van der Waals surface area contributed by atoms with E-state index in [0.29, 0.717) is 17.6 Å². The molecule has 0 bridgehead atoms. The molecule has 2 aromatic heterocycles. The second kappa shape index (κ2) is 3.77. The summed E-state index contributed by atoms with van der Waals surface area (Å²) in [6.45, 7) is 2.12. The molecule has 1 atom stereocenters. The van der Waals surface area contributed by atoms with Crippen LogP contribution < -0.4 is 5.56 Å². The molecular formula is C10H11N5O. The smallest absolute Gasteiger partial charge is 0.264 e. The Morgan fingerprint density at radius 3 is 3.06 bits per heavy atom. The first-order valence-corrected chi connectivity index (χ1v) is 4.90. The monoisotopic (exact) mass is 217 g/mol. The zero-order chi connectivity index (χ0) is 11.7. The molecule has 0 spiro atoms. The molecule has 0 aliphatic carbocycles. The summed E-state index contributed by atoms with van der Waals surface area (Å²) in [6.07, 6.45) is 2.96. The molecule has 6 nitrogen and oxygen atoms in total. The van der Waals surface area contributed by atoms with Crippen molar-refractivity contribution in [1.29, 1.82) is 5.26 Å². The van der Waals surface area contributed by atoms with Crippen molar-refractivity contribution in [3.63, 3.8) is 0 Å². The van der Waals surface area contributed by atoms with Crippen molar-refractivity contribution in [1.82, 2.24) is 19.3 Å². The Hall–Kier alpha value is -2.16. The molecular weight excluding hydrogens is 206 g/mol. The highest BCUT2D eigenvalue weighted by molar-refractivity contribution is 5.72. The van der Waals surface area contributed by atoms with E-state index in [1.54, 1.807) is 18.7 Å². The lowest BCUT2D eigenvalue weighted by molar-refractivity contribution is 0.560. The summed E-state index contributed by atoms with van der Waals surface area (Å²) < 4.78 is 2.99. The van der Waals surface area contributed by atoms with Crippen LogP contribution in [0.3, 0.4) is 0 Å². The van der Waals surface area contributed by atoms with E-state index < -0.39 is 0 Å². The highest BCUT2D eigenvalue weighted by Gasteiger charge is 2.09. The summed E-state index contributed by atoms with van der Waals surface area (Å²) >= 11 is 0. The van der Waals surface area contributed by atoms with Gasteiger partial charge in [0.05, 0.1) is 18.2 Å². The molecule has 0 fully saturated rings. The maximum absolute atomic E-state index is 12.0. The average molecular weight is 217 g/mol. The average Bonchev–Trinajstić information content (AvgIpc) is 2.65. The van der Waals surface area contributed by atoms with Crippen LogP contribution >= 0.6 is 0 Å². The Morgan fingerprint density at radius 2 is 2.38 bits per heavy atom. The number of hydrogen-bond donors (Lipinski definition) is 0. The van der Waals surface area contributed by atoms with Gasteiger partial charge >= 0.3 is 0 Å². The van der Waals surface area contributed by atoms with Crippen molar-refractivity contribution < 1.29 is 0 Å². The minimum absolute atomic E-state index is 0.153. The fourth-order valence-electron chi connectivity index (χ4n) is 1.53. The van der Waals surface area contributed by atoms with Gasteiger partial charge in [-0.05, 0) is 6.92 Å². The van der Waals surface area contributed by atoms with Gasteiger partial charge in [-0.2, -0.15) is 10.4 Å². The Morgan fingerprint density at radius 1 is 1.62 bits per heavy atom. The van der Waals surface area contributed by atoms with E-state index in [9.17, 15) is 4.79 Å². The molecule has 0 N–H and O–H groups in total. The number of rotatable bonds is 2. The lowest BCUT2D eigenvalue weighted by Gasteiger charge is -2.05. The van der Waals surface area contributed by atoms with Crippen LogP contribution in [0.5, 0.6) is 0 Å². The van der Waals surface area contributed by atoms with Crippen molar-refractivity contribution in [2.75, 3.05) is 0 Å². The van der Waals surface area contributed by atoms with Crippen molar-refractivity contribution in [3.05, 3.63) is 22.9 Å². The van der Waals surface area contributed by atoms with Crippen LogP contribution in [0.15, 0.2) is 17.3 Å². The van der Waals surface area contributed by atoms with E-state index in [0.717, 1.165) is 0 Å². The Labute approximate surface area is 91.7 Å². The zero-order valence-corrected chi connectivity index (χ0v) is 9.08. The van der Waals surface area contributed by atoms with Gasteiger partial charge in [-0.25, -0.2) is 4.98 Å². The number of aromatic nitrogens is 4. The molecule has 2 aromatic rings. The van der Waals surface area contributed by atoms with Crippen LogP contribution in [0.1, 0.15) is 6.92 Å². The number of nitrogens with zero attached hydrogens (tertiary/aromatic N) is 5. The van der Waals surface area contributed by atoms with Gasteiger partial charge in [0, 0.05) is 13.6 Å². The third-order valence-corrected chi connectivity index (χ3v) is 2.41. The van der Waals surface area contributed by atoms with E-state index in [4.69, 9.17) is 5.26 Å². The van der Waals surface area contributed by atoms with Crippen molar-refractivity contribution >= 4 is 11.0 Å². The van der Waals surface area contributed by atoms with Crippen molar-refractivity contribution in [2.24, 2.45) is 13.0 Å². The lowest BCUT2D eigenvalue weighted by atomic mass is 10.2. The normalized spacial score (nSPS) is 12.6. The number of aryl methyl sites for hydroxylation is 1. The summed E-state index contributed by atoms with van der Waals surface area (Å²) in [7, 11) is 1.73. The minimum atomic E-state index is -0.214. The van der Waals surface area contributed by atoms with Crippen molar-refractivity contribution in [2.45, 2.75) is 13.5 Å². The van der Waals surface area contributed by atoms with Crippen LogP contribution in [0, 0.1) is 17.2 Å². The van der Waals surface area contributed by atoms with Crippen molar-refractivity contribution in [3.8, 4) is 6.07 Å². The SMILES string of the molecule is CC(C#N)Cn1cnc2c(cnn2C)c1=O. The number of nitriles is 1. The molecule has 0 saturated heterocycles. The van der Waals surface area contributed by atoms with E-state index >= 15 is 0 Å². The predicted molar refractivity (Wildman–Crippen MR) is 57.5 cm³/mol. The predicted octanol–water partition coefficient (Wildman–Crippen LogP) is 0.290. The summed E-state index contributed by atoms with van der Waals surface area (Å²) in [5.41, 5.74) is 0.408. The molecule has 2 heterocycles. The maximum Gasteiger partial charge on any atom is 0.264 e. The second-order valence-corrected chi connectivity index (χ2v) is 3.74. The lowest BCUT2D eigenvalue weighted by Crippen LogP contribution is -2.23. The van der Waals surface area contributed by atoms with Gasteiger partial charge in [0.25, 0.3) is 5.56 Å². The summed E-state index contributed by atoms with van der Waals surface area (Å²) in [6, 6.07) is 2.09. The molecule has 0 aromatic carbocycles. The van der Waals surface area contributed by atoms with Gasteiger partial charge in [-0.1, -0.05) is 0 Å². The molecule has 2 rings (SSSR count). The molecule has 1 unspecified atom stereocenters. The molecule has 0 radical (unpaired) electrons. The molecule has 82 valence electrons. The first kappa shape index (κ1) is 10.4. The van der Waals surface area contributed by atoms with E-state index in [1.165, 1.54) is 17.1 Å². The number of fused-ring (bicyclic) bond motifs is 1. The Balaban J connectivity index is 2.54. The summed E-state index contributed by atoms with van der Waals surface area (Å²) in [4.78, 5) is 16.1. The Bertz CT molecular complexity index is 618. The minimum Gasteiger partial charge on any atom is -0.297 e. The van der Waals surface area contributed by atoms with Crippen LogP contribution in [-0.2, 0) is 13.6 Å². The molecule has 0 saturated carbocycles. The first-order chi connectivity index (χ1) is 7.63. The van der Waals surface area contributed by atoms with E-state index in [2.05, 4.69) is 16.2 Å². The van der Waals surface area contributed by atoms with Crippen LogP contribution in [0.2, 0.25) is 0 Å². The molecule has 0 aliphatic heterocycles. The topological polar surface area (TPSA) is 76.5 Å². The Kier molecular flexibility index (Phi) is 2.44. The molecule has 0 amide bonds. The van der Waals surface area contributed by atoms with Crippen LogP contribution in [0.4, 0.5) is 0 Å². The van der Waals surface area contributed by atoms with Gasteiger partial charge in [0.15, 0.2) is 5.65 Å². The van der Waals surface area contributed by atoms with Gasteiger partial charge in [0.1, 0.15) is 11.7 Å². The van der Waals surface area contributed by atoms with Crippen LogP contribution in [-0.4, -0.2) is 19.3 Å². The highest BCUT2D eigenvalue weighted by Crippen LogP contribution is 2.04. The standard InChI is InChI=1S/C10H11N5O/c1-7(3-11)5-15-6-12-9-8(10(15)16)4-13-14(9)2/h4,6-7H,5H2,1-2H3. The fraction of sp³-hybridized carbons (Fsp3) is 0.400. The van der Waals surface area contributed by atoms with Gasteiger partial charge < -0.3 is 0 Å². The van der Waals surface area contributed by atoms with E-state index in [-0.39, 0.29) is 11.5 Å². The zero-order valence-electron chi connectivity index (χ0n) is 9.08. The fourth-order valence-corrected chi connectivity index (χ4v) is 1.53. The largest absolute Gasteiger partial charge is 0.297 e. The maximum atomic E-state index is 12.0. The third-order valence-electron chi connectivity index (χ3n) is 2.41. The highest BCUT2D eigenvalue weighted by atomic mass is 16.1. The summed E-state index contributed by atoms with van der Waals surface area (Å²) in [5, 5.41) is 13.2. The summed E-state index contributed by atoms with van der Waals surface area (Å²) in [5.74, 6) is -0.214. The second-order valence-electron chi connectivity index (χ2n) is 3.74. The third kappa shape index (κ3) is 1.56. The van der Waals surface area contributed by atoms with Gasteiger partial charge in [-0.3, -0.25) is 14.0 Å². The molecule has 6 heteroatoms. The van der Waals surface area contributed by atoms with Gasteiger partial charge in [-0.15, -0.1) is 0 Å². The van der Waals surface area contributed by atoms with Gasteiger partial charge in [0.2, 0.25) is 0 Å². The first-order valence-electron chi connectivity index (χ1n) is 4.90. The van der Waals surface area contributed by atoms with E-state index in [1.807, 2.05) is 0 Å². The quantitative estimate of drug-likeness (QED) is 0.724. The number of hydrogen-bond acceptors (Lipinski definition) is 4. The van der Waals surface area contributed by atoms with Crippen LogP contribution in [0.25, 0.3) is 11.0 Å². The molecule has 0 aliphatic rings. The molecule has 16 heavy (non-hydrogen) atoms.